The number of anilines is 1. The van der Waals surface area contributed by atoms with Gasteiger partial charge < -0.3 is 5.73 Å². The molecule has 0 aliphatic carbocycles. The molecular weight excluding hydrogens is 164 g/mol. The van der Waals surface area contributed by atoms with Gasteiger partial charge in [-0.3, -0.25) is 4.68 Å². The van der Waals surface area contributed by atoms with Crippen LogP contribution in [-0.4, -0.2) is 16.2 Å². The van der Waals surface area contributed by atoms with E-state index < -0.39 is 6.43 Å². The summed E-state index contributed by atoms with van der Waals surface area (Å²) >= 11 is 0. The highest BCUT2D eigenvalue weighted by atomic mass is 19.3. The van der Waals surface area contributed by atoms with Crippen LogP contribution in [0, 0.1) is 0 Å². The van der Waals surface area contributed by atoms with Crippen LogP contribution in [-0.2, 0) is 6.54 Å². The first-order valence-electron chi connectivity index (χ1n) is 3.74. The van der Waals surface area contributed by atoms with E-state index in [2.05, 4.69) is 5.10 Å². The molecule has 1 aromatic rings. The third-order valence-corrected chi connectivity index (χ3v) is 1.46. The van der Waals surface area contributed by atoms with E-state index in [0.29, 0.717) is 18.7 Å². The Balaban J connectivity index is 2.24. The van der Waals surface area contributed by atoms with E-state index in [1.165, 1.54) is 6.20 Å². The minimum atomic E-state index is -2.22. The Morgan fingerprint density at radius 3 is 2.83 bits per heavy atom. The van der Waals surface area contributed by atoms with Crippen LogP contribution in [0.4, 0.5) is 14.5 Å². The first kappa shape index (κ1) is 8.96. The molecule has 0 fully saturated rings. The van der Waals surface area contributed by atoms with E-state index in [4.69, 9.17) is 5.73 Å². The lowest BCUT2D eigenvalue weighted by Gasteiger charge is -1.99. The van der Waals surface area contributed by atoms with Crippen molar-refractivity contribution in [2.75, 3.05) is 5.73 Å². The van der Waals surface area contributed by atoms with Gasteiger partial charge in [0.25, 0.3) is 0 Å². The normalized spacial score (nSPS) is 10.9. The minimum absolute atomic E-state index is 0.0836. The van der Waals surface area contributed by atoms with Crippen LogP contribution in [0.5, 0.6) is 0 Å². The number of hydrogen-bond acceptors (Lipinski definition) is 2. The number of aromatic nitrogens is 2. The van der Waals surface area contributed by atoms with Crippen LogP contribution < -0.4 is 5.73 Å². The zero-order valence-electron chi connectivity index (χ0n) is 6.58. The molecule has 0 spiro atoms. The van der Waals surface area contributed by atoms with Gasteiger partial charge in [0.15, 0.2) is 0 Å². The van der Waals surface area contributed by atoms with Crippen molar-refractivity contribution in [1.82, 2.24) is 9.78 Å². The molecule has 0 bridgehead atoms. The molecule has 0 radical (unpaired) electrons. The molecule has 0 saturated heterocycles. The number of nitrogens with zero attached hydrogens (tertiary/aromatic N) is 2. The van der Waals surface area contributed by atoms with Crippen molar-refractivity contribution in [2.45, 2.75) is 25.8 Å². The third-order valence-electron chi connectivity index (χ3n) is 1.46. The minimum Gasteiger partial charge on any atom is -0.396 e. The van der Waals surface area contributed by atoms with Gasteiger partial charge in [-0.15, -0.1) is 0 Å². The molecule has 3 nitrogen and oxygen atoms in total. The average molecular weight is 175 g/mol. The Morgan fingerprint density at radius 2 is 2.33 bits per heavy atom. The van der Waals surface area contributed by atoms with Crippen molar-refractivity contribution < 1.29 is 8.78 Å². The van der Waals surface area contributed by atoms with Crippen LogP contribution in [0.25, 0.3) is 0 Å². The molecule has 12 heavy (non-hydrogen) atoms. The van der Waals surface area contributed by atoms with E-state index in [9.17, 15) is 8.78 Å². The van der Waals surface area contributed by atoms with Gasteiger partial charge in [0, 0.05) is 19.2 Å². The lowest BCUT2D eigenvalue weighted by atomic mass is 10.3. The summed E-state index contributed by atoms with van der Waals surface area (Å²) in [5.41, 5.74) is 5.94. The van der Waals surface area contributed by atoms with Gasteiger partial charge in [0.2, 0.25) is 6.43 Å². The second-order valence-corrected chi connectivity index (χ2v) is 2.57. The molecule has 5 heteroatoms. The highest BCUT2D eigenvalue weighted by Crippen LogP contribution is 2.05. The summed E-state index contributed by atoms with van der Waals surface area (Å²) in [7, 11) is 0. The molecule has 0 aromatic carbocycles. The Hall–Kier alpha value is -1.13. The molecule has 1 rings (SSSR count). The van der Waals surface area contributed by atoms with E-state index in [0.717, 1.165) is 0 Å². The predicted molar refractivity (Wildman–Crippen MR) is 41.9 cm³/mol. The molecule has 0 atom stereocenters. The van der Waals surface area contributed by atoms with E-state index in [1.807, 2.05) is 0 Å². The molecular formula is C7H11F2N3. The number of nitrogens with two attached hydrogens (primary N) is 1. The molecule has 0 aliphatic rings. The Kier molecular flexibility index (Phi) is 3.01. The van der Waals surface area contributed by atoms with E-state index in [-0.39, 0.29) is 6.42 Å². The average Bonchev–Trinajstić information content (AvgIpc) is 2.35. The SMILES string of the molecule is Nc1cnn(CCCC(F)F)c1. The van der Waals surface area contributed by atoms with Crippen molar-refractivity contribution in [3.05, 3.63) is 12.4 Å². The number of aryl methyl sites for hydroxylation is 1. The van der Waals surface area contributed by atoms with Crippen molar-refractivity contribution in [1.29, 1.82) is 0 Å². The summed E-state index contributed by atoms with van der Waals surface area (Å²) in [5.74, 6) is 0. The molecule has 0 amide bonds. The van der Waals surface area contributed by atoms with Crippen molar-refractivity contribution in [3.8, 4) is 0 Å². The topological polar surface area (TPSA) is 43.8 Å². The lowest BCUT2D eigenvalue weighted by Crippen LogP contribution is -2.00. The molecule has 1 aromatic heterocycles. The summed E-state index contributed by atoms with van der Waals surface area (Å²) in [4.78, 5) is 0. The number of alkyl halides is 2. The second-order valence-electron chi connectivity index (χ2n) is 2.57. The smallest absolute Gasteiger partial charge is 0.238 e. The number of rotatable bonds is 4. The zero-order chi connectivity index (χ0) is 8.97. The van der Waals surface area contributed by atoms with Crippen LogP contribution in [0.2, 0.25) is 0 Å². The number of nitrogen functional groups attached to an aromatic ring is 1. The van der Waals surface area contributed by atoms with Gasteiger partial charge in [-0.2, -0.15) is 5.10 Å². The van der Waals surface area contributed by atoms with Gasteiger partial charge in [-0.05, 0) is 6.42 Å². The molecule has 1 heterocycles. The predicted octanol–water partition coefficient (Wildman–Crippen LogP) is 1.51. The molecule has 68 valence electrons. The Labute approximate surface area is 69.2 Å². The second kappa shape index (κ2) is 4.04. The van der Waals surface area contributed by atoms with Crippen molar-refractivity contribution >= 4 is 5.69 Å². The molecule has 0 unspecified atom stereocenters. The fourth-order valence-corrected chi connectivity index (χ4v) is 0.909. The maximum Gasteiger partial charge on any atom is 0.238 e. The highest BCUT2D eigenvalue weighted by Gasteiger charge is 2.01. The van der Waals surface area contributed by atoms with Gasteiger partial charge in [0.05, 0.1) is 11.9 Å². The fraction of sp³-hybridized carbons (Fsp3) is 0.571. The fourth-order valence-electron chi connectivity index (χ4n) is 0.909. The first-order valence-corrected chi connectivity index (χ1v) is 3.74. The lowest BCUT2D eigenvalue weighted by molar-refractivity contribution is 0.132. The summed E-state index contributed by atoms with van der Waals surface area (Å²) in [5, 5.41) is 3.86. The van der Waals surface area contributed by atoms with Crippen LogP contribution in [0.1, 0.15) is 12.8 Å². The van der Waals surface area contributed by atoms with Crippen LogP contribution in [0.3, 0.4) is 0 Å². The summed E-state index contributed by atoms with van der Waals surface area (Å²) in [6.45, 7) is 0.502. The Morgan fingerprint density at radius 1 is 1.58 bits per heavy atom. The first-order chi connectivity index (χ1) is 5.68. The van der Waals surface area contributed by atoms with Crippen molar-refractivity contribution in [2.24, 2.45) is 0 Å². The van der Waals surface area contributed by atoms with Gasteiger partial charge >= 0.3 is 0 Å². The third kappa shape index (κ3) is 2.86. The standard InChI is InChI=1S/C7H11F2N3/c8-7(9)2-1-3-12-5-6(10)4-11-12/h4-5,7H,1-3,10H2. The van der Waals surface area contributed by atoms with Crippen molar-refractivity contribution in [3.63, 3.8) is 0 Å². The zero-order valence-corrected chi connectivity index (χ0v) is 6.58. The number of halogens is 2. The van der Waals surface area contributed by atoms with E-state index in [1.54, 1.807) is 10.9 Å². The monoisotopic (exact) mass is 175 g/mol. The largest absolute Gasteiger partial charge is 0.396 e. The molecule has 0 aliphatic heterocycles. The Bertz CT molecular complexity index is 234. The highest BCUT2D eigenvalue weighted by molar-refractivity contribution is 5.30. The van der Waals surface area contributed by atoms with E-state index >= 15 is 0 Å². The quantitative estimate of drug-likeness (QED) is 0.753. The molecule has 2 N–H and O–H groups in total. The van der Waals surface area contributed by atoms with Gasteiger partial charge in [-0.25, -0.2) is 8.78 Å². The summed E-state index contributed by atoms with van der Waals surface area (Å²) in [6, 6.07) is 0. The maximum atomic E-state index is 11.7. The van der Waals surface area contributed by atoms with Gasteiger partial charge in [0.1, 0.15) is 0 Å². The van der Waals surface area contributed by atoms with Crippen LogP contribution >= 0.6 is 0 Å². The summed E-state index contributed by atoms with van der Waals surface area (Å²) < 4.78 is 24.9. The maximum absolute atomic E-state index is 11.7. The molecule has 0 saturated carbocycles. The van der Waals surface area contributed by atoms with Crippen LogP contribution in [0.15, 0.2) is 12.4 Å². The summed E-state index contributed by atoms with van der Waals surface area (Å²) in [6.07, 6.45) is 1.25. The number of hydrogen-bond donors (Lipinski definition) is 1. The van der Waals surface area contributed by atoms with Gasteiger partial charge in [-0.1, -0.05) is 0 Å².